The molecule has 1 amide bonds. The maximum Gasteiger partial charge on any atom is 0.251 e. The molecule has 0 aliphatic carbocycles. The van der Waals surface area contributed by atoms with E-state index in [2.05, 4.69) is 5.32 Å². The van der Waals surface area contributed by atoms with Gasteiger partial charge in [0.05, 0.1) is 11.4 Å². The number of nitrogens with one attached hydrogen (secondary N) is 1. The molecule has 0 unspecified atom stereocenters. The maximum absolute atomic E-state index is 12.0. The lowest BCUT2D eigenvalue weighted by atomic mass is 10.2. The first kappa shape index (κ1) is 18.4. The van der Waals surface area contributed by atoms with Crippen molar-refractivity contribution in [3.63, 3.8) is 0 Å². The van der Waals surface area contributed by atoms with Crippen LogP contribution in [0.5, 0.6) is 0 Å². The van der Waals surface area contributed by atoms with Gasteiger partial charge in [-0.2, -0.15) is 0 Å². The van der Waals surface area contributed by atoms with E-state index >= 15 is 0 Å². The van der Waals surface area contributed by atoms with Crippen molar-refractivity contribution in [3.05, 3.63) is 29.8 Å². The fourth-order valence-corrected chi connectivity index (χ4v) is 3.14. The lowest BCUT2D eigenvalue weighted by Gasteiger charge is -2.22. The molecule has 0 radical (unpaired) electrons. The molecule has 0 saturated heterocycles. The molecular formula is C15H24N2O4S. The second-order valence-electron chi connectivity index (χ2n) is 4.71. The van der Waals surface area contributed by atoms with Gasteiger partial charge in [-0.1, -0.05) is 0 Å². The molecule has 1 rings (SSSR count). The van der Waals surface area contributed by atoms with Gasteiger partial charge in [0.15, 0.2) is 0 Å². The van der Waals surface area contributed by atoms with Crippen LogP contribution in [0.4, 0.5) is 5.69 Å². The van der Waals surface area contributed by atoms with Crippen LogP contribution in [0.25, 0.3) is 0 Å². The summed E-state index contributed by atoms with van der Waals surface area (Å²) in [5, 5.41) is 2.79. The van der Waals surface area contributed by atoms with E-state index in [1.807, 2.05) is 0 Å². The van der Waals surface area contributed by atoms with E-state index in [9.17, 15) is 13.2 Å². The monoisotopic (exact) mass is 328 g/mol. The normalized spacial score (nSPS) is 11.2. The Morgan fingerprint density at radius 1 is 1.23 bits per heavy atom. The summed E-state index contributed by atoms with van der Waals surface area (Å²) >= 11 is 0. The van der Waals surface area contributed by atoms with Crippen LogP contribution < -0.4 is 9.62 Å². The molecule has 124 valence electrons. The summed E-state index contributed by atoms with van der Waals surface area (Å²) in [5.41, 5.74) is 1.08. The standard InChI is InChI=1S/C15H24N2O4S/c1-4-17(22(19,20)5-2)14-9-7-13(8-10-14)15(18)16-11-6-12-21-3/h7-10H,4-6,11-12H2,1-3H3,(H,16,18). The summed E-state index contributed by atoms with van der Waals surface area (Å²) in [4.78, 5) is 11.9. The summed E-state index contributed by atoms with van der Waals surface area (Å²) < 4.78 is 30.2. The number of benzene rings is 1. The average molecular weight is 328 g/mol. The third-order valence-electron chi connectivity index (χ3n) is 3.22. The zero-order valence-electron chi connectivity index (χ0n) is 13.3. The maximum atomic E-state index is 12.0. The van der Waals surface area contributed by atoms with Gasteiger partial charge in [-0.25, -0.2) is 8.42 Å². The minimum atomic E-state index is -3.30. The van der Waals surface area contributed by atoms with Crippen LogP contribution in [0, 0.1) is 0 Å². The number of carbonyl (C=O) groups excluding carboxylic acids is 1. The lowest BCUT2D eigenvalue weighted by Crippen LogP contribution is -2.32. The zero-order chi connectivity index (χ0) is 16.6. The van der Waals surface area contributed by atoms with Gasteiger partial charge in [0.1, 0.15) is 0 Å². The summed E-state index contributed by atoms with van der Waals surface area (Å²) in [6.45, 7) is 4.89. The van der Waals surface area contributed by atoms with E-state index in [1.54, 1.807) is 45.2 Å². The number of amides is 1. The first-order valence-electron chi connectivity index (χ1n) is 7.33. The minimum Gasteiger partial charge on any atom is -0.385 e. The highest BCUT2D eigenvalue weighted by molar-refractivity contribution is 7.92. The van der Waals surface area contributed by atoms with Crippen LogP contribution in [-0.4, -0.2) is 46.9 Å². The van der Waals surface area contributed by atoms with Crippen molar-refractivity contribution in [1.29, 1.82) is 0 Å². The van der Waals surface area contributed by atoms with Gasteiger partial charge in [0.2, 0.25) is 10.0 Å². The molecule has 0 spiro atoms. The third-order valence-corrected chi connectivity index (χ3v) is 5.09. The number of sulfonamides is 1. The fourth-order valence-electron chi connectivity index (χ4n) is 2.00. The Labute approximate surface area is 132 Å². The van der Waals surface area contributed by atoms with Gasteiger partial charge < -0.3 is 10.1 Å². The van der Waals surface area contributed by atoms with Gasteiger partial charge in [-0.05, 0) is 44.5 Å². The Balaban J connectivity index is 2.75. The Kier molecular flexibility index (Phi) is 7.34. The van der Waals surface area contributed by atoms with Crippen molar-refractivity contribution < 1.29 is 17.9 Å². The van der Waals surface area contributed by atoms with Crippen LogP contribution in [0.2, 0.25) is 0 Å². The SMILES string of the molecule is CCN(c1ccc(C(=O)NCCCOC)cc1)S(=O)(=O)CC. The topological polar surface area (TPSA) is 75.7 Å². The van der Waals surface area contributed by atoms with Crippen LogP contribution in [0.3, 0.4) is 0 Å². The van der Waals surface area contributed by atoms with Gasteiger partial charge >= 0.3 is 0 Å². The first-order chi connectivity index (χ1) is 10.5. The molecule has 0 aliphatic heterocycles. The van der Waals surface area contributed by atoms with Crippen molar-refractivity contribution in [2.75, 3.05) is 36.9 Å². The van der Waals surface area contributed by atoms with E-state index in [0.29, 0.717) is 30.9 Å². The molecule has 0 heterocycles. The van der Waals surface area contributed by atoms with Gasteiger partial charge in [-0.15, -0.1) is 0 Å². The number of anilines is 1. The first-order valence-corrected chi connectivity index (χ1v) is 8.94. The van der Waals surface area contributed by atoms with Crippen molar-refractivity contribution >= 4 is 21.6 Å². The predicted octanol–water partition coefficient (Wildman–Crippen LogP) is 1.63. The van der Waals surface area contributed by atoms with Gasteiger partial charge in [0.25, 0.3) is 5.91 Å². The van der Waals surface area contributed by atoms with E-state index in [0.717, 1.165) is 6.42 Å². The van der Waals surface area contributed by atoms with Crippen molar-refractivity contribution in [3.8, 4) is 0 Å². The molecule has 1 aromatic carbocycles. The highest BCUT2D eigenvalue weighted by Gasteiger charge is 2.18. The Morgan fingerprint density at radius 2 is 1.86 bits per heavy atom. The third kappa shape index (κ3) is 4.99. The Bertz CT molecular complexity index is 570. The van der Waals surface area contributed by atoms with Crippen molar-refractivity contribution in [1.82, 2.24) is 5.32 Å². The number of rotatable bonds is 9. The van der Waals surface area contributed by atoms with Gasteiger partial charge in [0, 0.05) is 32.4 Å². The number of carbonyl (C=O) groups is 1. The molecule has 0 atom stereocenters. The summed E-state index contributed by atoms with van der Waals surface area (Å²) in [6, 6.07) is 6.57. The van der Waals surface area contributed by atoms with Crippen LogP contribution in [0.1, 0.15) is 30.6 Å². The predicted molar refractivity (Wildman–Crippen MR) is 87.7 cm³/mol. The van der Waals surface area contributed by atoms with Crippen LogP contribution in [-0.2, 0) is 14.8 Å². The second kappa shape index (κ2) is 8.75. The highest BCUT2D eigenvalue weighted by Crippen LogP contribution is 2.19. The lowest BCUT2D eigenvalue weighted by molar-refractivity contribution is 0.0948. The van der Waals surface area contributed by atoms with E-state index in [4.69, 9.17) is 4.74 Å². The number of ether oxygens (including phenoxy) is 1. The largest absolute Gasteiger partial charge is 0.385 e. The molecule has 0 aliphatic rings. The molecular weight excluding hydrogens is 304 g/mol. The second-order valence-corrected chi connectivity index (χ2v) is 6.90. The number of hydrogen-bond acceptors (Lipinski definition) is 4. The summed E-state index contributed by atoms with van der Waals surface area (Å²) in [7, 11) is -1.68. The van der Waals surface area contributed by atoms with E-state index < -0.39 is 10.0 Å². The molecule has 1 aromatic rings. The number of hydrogen-bond donors (Lipinski definition) is 1. The quantitative estimate of drug-likeness (QED) is 0.699. The highest BCUT2D eigenvalue weighted by atomic mass is 32.2. The number of nitrogens with zero attached hydrogens (tertiary/aromatic N) is 1. The molecule has 0 fully saturated rings. The number of methoxy groups -OCH3 is 1. The Hall–Kier alpha value is -1.60. The summed E-state index contributed by atoms with van der Waals surface area (Å²) in [6.07, 6.45) is 0.749. The molecule has 6 nitrogen and oxygen atoms in total. The molecule has 0 saturated carbocycles. The molecule has 1 N–H and O–H groups in total. The molecule has 0 aromatic heterocycles. The zero-order valence-corrected chi connectivity index (χ0v) is 14.1. The Morgan fingerprint density at radius 3 is 2.36 bits per heavy atom. The van der Waals surface area contributed by atoms with Gasteiger partial charge in [-0.3, -0.25) is 9.10 Å². The van der Waals surface area contributed by atoms with Crippen molar-refractivity contribution in [2.24, 2.45) is 0 Å². The van der Waals surface area contributed by atoms with E-state index in [-0.39, 0.29) is 11.7 Å². The fraction of sp³-hybridized carbons (Fsp3) is 0.533. The summed E-state index contributed by atoms with van der Waals surface area (Å²) in [5.74, 6) is -0.133. The molecule has 22 heavy (non-hydrogen) atoms. The van der Waals surface area contributed by atoms with Crippen molar-refractivity contribution in [2.45, 2.75) is 20.3 Å². The van der Waals surface area contributed by atoms with E-state index in [1.165, 1.54) is 4.31 Å². The van der Waals surface area contributed by atoms with Crippen LogP contribution in [0.15, 0.2) is 24.3 Å². The molecule has 7 heteroatoms. The smallest absolute Gasteiger partial charge is 0.251 e. The minimum absolute atomic E-state index is 0.0442. The average Bonchev–Trinajstić information content (AvgIpc) is 2.52. The van der Waals surface area contributed by atoms with Crippen LogP contribution >= 0.6 is 0 Å². The molecule has 0 bridgehead atoms.